The summed E-state index contributed by atoms with van der Waals surface area (Å²) in [4.78, 5) is 4.30. The van der Waals surface area contributed by atoms with E-state index in [9.17, 15) is 0 Å². The van der Waals surface area contributed by atoms with Crippen LogP contribution in [-0.2, 0) is 6.54 Å². The van der Waals surface area contributed by atoms with Gasteiger partial charge in [-0.3, -0.25) is 9.67 Å². The Balaban J connectivity index is 2.08. The molecule has 0 amide bonds. The molecule has 0 radical (unpaired) electrons. The van der Waals surface area contributed by atoms with Crippen molar-refractivity contribution in [2.45, 2.75) is 13.5 Å². The molecule has 0 spiro atoms. The molecular formula is C14H12ClN3. The first-order chi connectivity index (χ1) is 8.74. The zero-order valence-electron chi connectivity index (χ0n) is 9.97. The van der Waals surface area contributed by atoms with Gasteiger partial charge in [0.15, 0.2) is 0 Å². The first-order valence-electron chi connectivity index (χ1n) is 5.75. The van der Waals surface area contributed by atoms with Crippen molar-refractivity contribution in [1.29, 1.82) is 0 Å². The Kier molecular flexibility index (Phi) is 2.76. The zero-order valence-corrected chi connectivity index (χ0v) is 10.7. The maximum atomic E-state index is 6.29. The molecule has 90 valence electrons. The Bertz CT molecular complexity index is 689. The van der Waals surface area contributed by atoms with Crippen molar-refractivity contribution in [3.8, 4) is 0 Å². The molecule has 2 aromatic heterocycles. The number of aryl methyl sites for hydroxylation is 1. The van der Waals surface area contributed by atoms with E-state index in [0.717, 1.165) is 27.2 Å². The lowest BCUT2D eigenvalue weighted by atomic mass is 10.2. The van der Waals surface area contributed by atoms with Gasteiger partial charge in [-0.15, -0.1) is 0 Å². The maximum Gasteiger partial charge on any atom is 0.0873 e. The van der Waals surface area contributed by atoms with Crippen LogP contribution in [-0.4, -0.2) is 14.8 Å². The van der Waals surface area contributed by atoms with Crippen LogP contribution in [0.3, 0.4) is 0 Å². The molecule has 0 bridgehead atoms. The molecule has 2 heterocycles. The lowest BCUT2D eigenvalue weighted by Crippen LogP contribution is -2.03. The molecule has 0 saturated heterocycles. The van der Waals surface area contributed by atoms with Gasteiger partial charge >= 0.3 is 0 Å². The predicted molar refractivity (Wildman–Crippen MR) is 72.8 cm³/mol. The third-order valence-corrected chi connectivity index (χ3v) is 3.16. The molecular weight excluding hydrogens is 246 g/mol. The maximum absolute atomic E-state index is 6.29. The summed E-state index contributed by atoms with van der Waals surface area (Å²) in [5.41, 5.74) is 3.08. The van der Waals surface area contributed by atoms with E-state index in [0.29, 0.717) is 6.54 Å². The number of hydrogen-bond donors (Lipinski definition) is 0. The van der Waals surface area contributed by atoms with Gasteiger partial charge in [0, 0.05) is 11.6 Å². The van der Waals surface area contributed by atoms with E-state index in [2.05, 4.69) is 16.1 Å². The van der Waals surface area contributed by atoms with E-state index >= 15 is 0 Å². The summed E-state index contributed by atoms with van der Waals surface area (Å²) < 4.78 is 1.89. The first-order valence-corrected chi connectivity index (χ1v) is 6.13. The fourth-order valence-corrected chi connectivity index (χ4v) is 2.47. The number of aromatic nitrogens is 3. The number of rotatable bonds is 2. The molecule has 0 atom stereocenters. The molecule has 3 rings (SSSR count). The molecule has 0 aliphatic rings. The lowest BCUT2D eigenvalue weighted by Gasteiger charge is -2.05. The molecule has 1 aromatic carbocycles. The van der Waals surface area contributed by atoms with Gasteiger partial charge in [0.1, 0.15) is 0 Å². The van der Waals surface area contributed by atoms with Gasteiger partial charge in [-0.05, 0) is 36.8 Å². The number of nitrogens with zero attached hydrogens (tertiary/aromatic N) is 3. The van der Waals surface area contributed by atoms with Crippen LogP contribution in [0.1, 0.15) is 11.3 Å². The van der Waals surface area contributed by atoms with Crippen molar-refractivity contribution < 1.29 is 0 Å². The summed E-state index contributed by atoms with van der Waals surface area (Å²) >= 11 is 6.29. The van der Waals surface area contributed by atoms with Crippen LogP contribution in [0.15, 0.2) is 42.7 Å². The Morgan fingerprint density at radius 3 is 2.94 bits per heavy atom. The summed E-state index contributed by atoms with van der Waals surface area (Å²) in [5.74, 6) is 0. The van der Waals surface area contributed by atoms with Crippen molar-refractivity contribution in [3.63, 3.8) is 0 Å². The average molecular weight is 258 g/mol. The third-order valence-electron chi connectivity index (χ3n) is 2.87. The Morgan fingerprint density at radius 2 is 2.17 bits per heavy atom. The van der Waals surface area contributed by atoms with Crippen molar-refractivity contribution in [2.24, 2.45) is 0 Å². The van der Waals surface area contributed by atoms with E-state index in [1.54, 1.807) is 6.20 Å². The van der Waals surface area contributed by atoms with E-state index in [1.807, 2.05) is 42.1 Å². The second-order valence-corrected chi connectivity index (χ2v) is 4.72. The van der Waals surface area contributed by atoms with Gasteiger partial charge in [-0.1, -0.05) is 17.7 Å². The highest BCUT2D eigenvalue weighted by Crippen LogP contribution is 2.25. The standard InChI is InChI=1S/C14H12ClN3/c1-10-6-11-8-17-18(14(11)13(15)7-10)9-12-4-2-3-5-16-12/h2-8H,9H2,1H3. The normalized spacial score (nSPS) is 11.0. The van der Waals surface area contributed by atoms with Crippen molar-refractivity contribution in [2.75, 3.05) is 0 Å². The van der Waals surface area contributed by atoms with Crippen molar-refractivity contribution in [3.05, 3.63) is 59.0 Å². The van der Waals surface area contributed by atoms with Gasteiger partial charge < -0.3 is 0 Å². The Morgan fingerprint density at radius 1 is 1.28 bits per heavy atom. The molecule has 0 aliphatic heterocycles. The van der Waals surface area contributed by atoms with Gasteiger partial charge in [-0.25, -0.2) is 0 Å². The van der Waals surface area contributed by atoms with Crippen LogP contribution in [0, 0.1) is 6.92 Å². The Labute approximate surface area is 110 Å². The summed E-state index contributed by atoms with van der Waals surface area (Å²) in [6.45, 7) is 2.66. The van der Waals surface area contributed by atoms with E-state index in [4.69, 9.17) is 11.6 Å². The molecule has 0 N–H and O–H groups in total. The number of fused-ring (bicyclic) bond motifs is 1. The van der Waals surface area contributed by atoms with Crippen molar-refractivity contribution in [1.82, 2.24) is 14.8 Å². The van der Waals surface area contributed by atoms with Crippen LogP contribution >= 0.6 is 11.6 Å². The summed E-state index contributed by atoms with van der Waals surface area (Å²) in [6.07, 6.45) is 3.63. The van der Waals surface area contributed by atoms with Crippen LogP contribution < -0.4 is 0 Å². The smallest absolute Gasteiger partial charge is 0.0873 e. The molecule has 3 nitrogen and oxygen atoms in total. The van der Waals surface area contributed by atoms with Gasteiger partial charge in [0.05, 0.1) is 29.0 Å². The lowest BCUT2D eigenvalue weighted by molar-refractivity contribution is 0.696. The Hall–Kier alpha value is -1.87. The molecule has 3 aromatic rings. The SMILES string of the molecule is Cc1cc(Cl)c2c(cnn2Cc2ccccn2)c1. The quantitative estimate of drug-likeness (QED) is 0.704. The molecule has 0 aliphatic carbocycles. The fraction of sp³-hybridized carbons (Fsp3) is 0.143. The number of pyridine rings is 1. The van der Waals surface area contributed by atoms with Crippen LogP contribution in [0.2, 0.25) is 5.02 Å². The molecule has 0 unspecified atom stereocenters. The average Bonchev–Trinajstić information content (AvgIpc) is 2.73. The number of benzene rings is 1. The molecule has 0 saturated carbocycles. The zero-order chi connectivity index (χ0) is 12.5. The topological polar surface area (TPSA) is 30.7 Å². The molecule has 18 heavy (non-hydrogen) atoms. The van der Waals surface area contributed by atoms with Crippen molar-refractivity contribution >= 4 is 22.5 Å². The number of hydrogen-bond acceptors (Lipinski definition) is 2. The minimum atomic E-state index is 0.632. The monoisotopic (exact) mass is 257 g/mol. The third kappa shape index (κ3) is 1.97. The summed E-state index contributed by atoms with van der Waals surface area (Å²) in [7, 11) is 0. The molecule has 4 heteroatoms. The second-order valence-electron chi connectivity index (χ2n) is 4.31. The highest BCUT2D eigenvalue weighted by Gasteiger charge is 2.08. The fourth-order valence-electron chi connectivity index (χ4n) is 2.09. The number of halogens is 1. The summed E-state index contributed by atoms with van der Waals surface area (Å²) in [6, 6.07) is 9.90. The predicted octanol–water partition coefficient (Wildman–Crippen LogP) is 3.44. The minimum Gasteiger partial charge on any atom is -0.259 e. The highest BCUT2D eigenvalue weighted by atomic mass is 35.5. The summed E-state index contributed by atoms with van der Waals surface area (Å²) in [5, 5.41) is 6.19. The van der Waals surface area contributed by atoms with E-state index in [1.165, 1.54) is 0 Å². The van der Waals surface area contributed by atoms with Crippen LogP contribution in [0.5, 0.6) is 0 Å². The highest BCUT2D eigenvalue weighted by molar-refractivity contribution is 6.35. The van der Waals surface area contributed by atoms with E-state index in [-0.39, 0.29) is 0 Å². The van der Waals surface area contributed by atoms with E-state index < -0.39 is 0 Å². The van der Waals surface area contributed by atoms with Crippen LogP contribution in [0.4, 0.5) is 0 Å². The van der Waals surface area contributed by atoms with Gasteiger partial charge in [-0.2, -0.15) is 5.10 Å². The first kappa shape index (κ1) is 11.2. The van der Waals surface area contributed by atoms with Gasteiger partial charge in [0.2, 0.25) is 0 Å². The van der Waals surface area contributed by atoms with Crippen LogP contribution in [0.25, 0.3) is 10.9 Å². The second kappa shape index (κ2) is 4.42. The minimum absolute atomic E-state index is 0.632. The largest absolute Gasteiger partial charge is 0.259 e. The molecule has 0 fully saturated rings. The van der Waals surface area contributed by atoms with Gasteiger partial charge in [0.25, 0.3) is 0 Å².